The quantitative estimate of drug-likeness (QED) is 0.268. The zero-order valence-electron chi connectivity index (χ0n) is 12.8. The van der Waals surface area contributed by atoms with Gasteiger partial charge >= 0.3 is 0 Å². The Morgan fingerprint density at radius 3 is 2.81 bits per heavy atom. The number of rotatable bonds is 8. The third-order valence-corrected chi connectivity index (χ3v) is 2.81. The summed E-state index contributed by atoms with van der Waals surface area (Å²) in [5.41, 5.74) is 0.995. The van der Waals surface area contributed by atoms with Crippen molar-refractivity contribution in [1.29, 1.82) is 0 Å². The molecule has 0 unspecified atom stereocenters. The summed E-state index contributed by atoms with van der Waals surface area (Å²) in [6, 6.07) is 3.83. The molecular formula is C15H26IN3O2. The van der Waals surface area contributed by atoms with Crippen LogP contribution < -0.4 is 10.6 Å². The Kier molecular flexibility index (Phi) is 11.1. The first-order valence-electron chi connectivity index (χ1n) is 6.98. The molecule has 0 aromatic carbocycles. The van der Waals surface area contributed by atoms with Gasteiger partial charge in [-0.3, -0.25) is 0 Å². The average molecular weight is 407 g/mol. The predicted molar refractivity (Wildman–Crippen MR) is 97.2 cm³/mol. The minimum atomic E-state index is 0. The molecule has 1 atom stereocenters. The third-order valence-electron chi connectivity index (χ3n) is 2.81. The van der Waals surface area contributed by atoms with Gasteiger partial charge in [-0.25, -0.2) is 4.99 Å². The van der Waals surface area contributed by atoms with Gasteiger partial charge in [0.1, 0.15) is 5.76 Å². The molecule has 0 aliphatic carbocycles. The lowest BCUT2D eigenvalue weighted by Crippen LogP contribution is -2.45. The maximum absolute atomic E-state index is 9.25. The number of nitrogens with one attached hydrogen (secondary N) is 2. The van der Waals surface area contributed by atoms with Crippen LogP contribution in [0.15, 0.2) is 40.0 Å². The molecule has 6 heteroatoms. The average Bonchev–Trinajstić information content (AvgIpc) is 2.94. The fraction of sp³-hybridized carbons (Fsp3) is 0.533. The number of hydrogen-bond donors (Lipinski definition) is 3. The van der Waals surface area contributed by atoms with Crippen LogP contribution in [-0.2, 0) is 6.42 Å². The standard InChI is InChI=1S/C15H25N3O2.HI/c1-4-13(11-19)18-15(17-10-12(2)3)16-8-7-14-6-5-9-20-14;/h5-6,9,13,19H,2,4,7-8,10-11H2,1,3H3,(H2,16,17,18);1H/t13-;/m1./s1. The number of aliphatic hydroxyl groups excluding tert-OH is 1. The molecule has 1 aromatic rings. The van der Waals surface area contributed by atoms with Crippen LogP contribution in [0.2, 0.25) is 0 Å². The zero-order chi connectivity index (χ0) is 14.8. The van der Waals surface area contributed by atoms with Crippen molar-refractivity contribution in [2.75, 3.05) is 19.7 Å². The lowest BCUT2D eigenvalue weighted by molar-refractivity contribution is 0.251. The number of aliphatic hydroxyl groups is 1. The van der Waals surface area contributed by atoms with Gasteiger partial charge in [-0.1, -0.05) is 19.1 Å². The summed E-state index contributed by atoms with van der Waals surface area (Å²) in [5.74, 6) is 1.63. The van der Waals surface area contributed by atoms with Gasteiger partial charge in [-0.05, 0) is 25.5 Å². The molecule has 0 spiro atoms. The molecule has 0 saturated carbocycles. The molecule has 0 bridgehead atoms. The molecule has 1 aromatic heterocycles. The molecule has 0 aliphatic heterocycles. The second-order valence-electron chi connectivity index (χ2n) is 4.81. The first-order valence-corrected chi connectivity index (χ1v) is 6.98. The van der Waals surface area contributed by atoms with E-state index in [0.29, 0.717) is 12.5 Å². The van der Waals surface area contributed by atoms with Gasteiger partial charge in [0.15, 0.2) is 5.96 Å². The van der Waals surface area contributed by atoms with E-state index in [2.05, 4.69) is 22.2 Å². The Morgan fingerprint density at radius 1 is 1.52 bits per heavy atom. The van der Waals surface area contributed by atoms with Crippen molar-refractivity contribution in [1.82, 2.24) is 10.6 Å². The van der Waals surface area contributed by atoms with Crippen LogP contribution in [0.5, 0.6) is 0 Å². The minimum Gasteiger partial charge on any atom is -0.469 e. The van der Waals surface area contributed by atoms with Crippen LogP contribution in [0.25, 0.3) is 0 Å². The minimum absolute atomic E-state index is 0. The number of halogens is 1. The van der Waals surface area contributed by atoms with E-state index in [0.717, 1.165) is 30.7 Å². The largest absolute Gasteiger partial charge is 0.469 e. The fourth-order valence-corrected chi connectivity index (χ4v) is 1.60. The maximum Gasteiger partial charge on any atom is 0.191 e. The lowest BCUT2D eigenvalue weighted by Gasteiger charge is -2.18. The molecule has 1 rings (SSSR count). The molecule has 21 heavy (non-hydrogen) atoms. The van der Waals surface area contributed by atoms with E-state index >= 15 is 0 Å². The lowest BCUT2D eigenvalue weighted by atomic mass is 10.2. The molecule has 120 valence electrons. The van der Waals surface area contributed by atoms with Crippen molar-refractivity contribution in [2.45, 2.75) is 32.7 Å². The Labute approximate surface area is 143 Å². The summed E-state index contributed by atoms with van der Waals surface area (Å²) < 4.78 is 5.28. The molecule has 0 radical (unpaired) electrons. The van der Waals surface area contributed by atoms with Gasteiger partial charge in [-0.15, -0.1) is 24.0 Å². The highest BCUT2D eigenvalue weighted by atomic mass is 127. The fourth-order valence-electron chi connectivity index (χ4n) is 1.60. The van der Waals surface area contributed by atoms with Crippen LogP contribution in [0.3, 0.4) is 0 Å². The van der Waals surface area contributed by atoms with Crippen molar-refractivity contribution in [3.63, 3.8) is 0 Å². The summed E-state index contributed by atoms with van der Waals surface area (Å²) in [7, 11) is 0. The third kappa shape index (κ3) is 8.77. The Balaban J connectivity index is 0.00000400. The van der Waals surface area contributed by atoms with E-state index < -0.39 is 0 Å². The van der Waals surface area contributed by atoms with Gasteiger partial charge < -0.3 is 20.2 Å². The maximum atomic E-state index is 9.25. The van der Waals surface area contributed by atoms with E-state index in [1.807, 2.05) is 26.0 Å². The summed E-state index contributed by atoms with van der Waals surface area (Å²) >= 11 is 0. The van der Waals surface area contributed by atoms with E-state index in [-0.39, 0.29) is 36.6 Å². The van der Waals surface area contributed by atoms with Gasteiger partial charge in [0, 0.05) is 13.0 Å². The highest BCUT2D eigenvalue weighted by molar-refractivity contribution is 14.0. The van der Waals surface area contributed by atoms with Crippen LogP contribution in [0, 0.1) is 0 Å². The van der Waals surface area contributed by atoms with E-state index in [1.165, 1.54) is 0 Å². The van der Waals surface area contributed by atoms with Crippen molar-refractivity contribution >= 4 is 29.9 Å². The Hall–Kier alpha value is -1.02. The Morgan fingerprint density at radius 2 is 2.29 bits per heavy atom. The molecular weight excluding hydrogens is 381 g/mol. The van der Waals surface area contributed by atoms with Crippen LogP contribution in [-0.4, -0.2) is 36.8 Å². The summed E-state index contributed by atoms with van der Waals surface area (Å²) in [5, 5.41) is 15.7. The molecule has 0 fully saturated rings. The molecule has 0 amide bonds. The normalized spacial score (nSPS) is 12.4. The number of hydrogen-bond acceptors (Lipinski definition) is 3. The predicted octanol–water partition coefficient (Wildman–Crippen LogP) is 2.32. The van der Waals surface area contributed by atoms with E-state index in [9.17, 15) is 5.11 Å². The molecule has 3 N–H and O–H groups in total. The number of guanidine groups is 1. The van der Waals surface area contributed by atoms with Crippen molar-refractivity contribution in [3.8, 4) is 0 Å². The SMILES string of the molecule is C=C(C)CN=C(NCCc1ccco1)N[C@H](CC)CO.I. The second kappa shape index (κ2) is 11.6. The number of aliphatic imine (C=N–C) groups is 1. The van der Waals surface area contributed by atoms with E-state index in [4.69, 9.17) is 4.42 Å². The molecule has 5 nitrogen and oxygen atoms in total. The summed E-state index contributed by atoms with van der Waals surface area (Å²) in [6.45, 7) is 9.17. The number of furan rings is 1. The second-order valence-corrected chi connectivity index (χ2v) is 4.81. The van der Waals surface area contributed by atoms with Gasteiger partial charge in [0.05, 0.1) is 25.5 Å². The number of nitrogens with zero attached hydrogens (tertiary/aromatic N) is 1. The highest BCUT2D eigenvalue weighted by Gasteiger charge is 2.07. The van der Waals surface area contributed by atoms with Gasteiger partial charge in [-0.2, -0.15) is 0 Å². The van der Waals surface area contributed by atoms with Crippen molar-refractivity contribution < 1.29 is 9.52 Å². The van der Waals surface area contributed by atoms with Crippen molar-refractivity contribution in [3.05, 3.63) is 36.3 Å². The van der Waals surface area contributed by atoms with E-state index in [1.54, 1.807) is 6.26 Å². The first kappa shape index (κ1) is 20.0. The summed E-state index contributed by atoms with van der Waals surface area (Å²) in [4.78, 5) is 4.43. The summed E-state index contributed by atoms with van der Waals surface area (Å²) in [6.07, 6.45) is 3.29. The molecule has 1 heterocycles. The zero-order valence-corrected chi connectivity index (χ0v) is 15.1. The Bertz CT molecular complexity index is 415. The van der Waals surface area contributed by atoms with Crippen molar-refractivity contribution in [2.24, 2.45) is 4.99 Å². The van der Waals surface area contributed by atoms with Crippen LogP contribution in [0.4, 0.5) is 0 Å². The van der Waals surface area contributed by atoms with Crippen LogP contribution >= 0.6 is 24.0 Å². The molecule has 0 aliphatic rings. The smallest absolute Gasteiger partial charge is 0.191 e. The topological polar surface area (TPSA) is 69.8 Å². The van der Waals surface area contributed by atoms with Gasteiger partial charge in [0.25, 0.3) is 0 Å². The van der Waals surface area contributed by atoms with Crippen LogP contribution in [0.1, 0.15) is 26.0 Å². The first-order chi connectivity index (χ1) is 9.65. The molecule has 0 saturated heterocycles. The van der Waals surface area contributed by atoms with Gasteiger partial charge in [0.2, 0.25) is 0 Å². The highest BCUT2D eigenvalue weighted by Crippen LogP contribution is 1.99. The monoisotopic (exact) mass is 407 g/mol.